The number of aromatic amines is 1. The monoisotopic (exact) mass is 431 g/mol. The van der Waals surface area contributed by atoms with Crippen LogP contribution >= 0.6 is 0 Å². The maximum atomic E-state index is 12.9. The van der Waals surface area contributed by atoms with Gasteiger partial charge in [0.2, 0.25) is 0 Å². The highest BCUT2D eigenvalue weighted by molar-refractivity contribution is 5.97. The molecule has 2 amide bonds. The van der Waals surface area contributed by atoms with Crippen molar-refractivity contribution in [2.75, 3.05) is 26.7 Å². The molecule has 2 aromatic heterocycles. The fraction of sp³-hybridized carbons (Fsp3) is 0.400. The molecule has 0 bridgehead atoms. The lowest BCUT2D eigenvalue weighted by Gasteiger charge is -2.33. The van der Waals surface area contributed by atoms with Crippen LogP contribution in [0.15, 0.2) is 48.8 Å². The summed E-state index contributed by atoms with van der Waals surface area (Å²) in [5.74, 6) is 0.544. The summed E-state index contributed by atoms with van der Waals surface area (Å²) >= 11 is 0. The first-order chi connectivity index (χ1) is 15.6. The van der Waals surface area contributed by atoms with Gasteiger partial charge >= 0.3 is 0 Å². The molecule has 1 spiro atoms. The minimum absolute atomic E-state index is 0.0717. The summed E-state index contributed by atoms with van der Waals surface area (Å²) in [4.78, 5) is 34.7. The molecule has 1 saturated carbocycles. The Kier molecular flexibility index (Phi) is 5.43. The number of H-pyrrole nitrogens is 1. The van der Waals surface area contributed by atoms with E-state index >= 15 is 0 Å². The minimum Gasteiger partial charge on any atom is -0.350 e. The van der Waals surface area contributed by atoms with E-state index < -0.39 is 0 Å². The highest BCUT2D eigenvalue weighted by Crippen LogP contribution is 2.59. The number of likely N-dealkylation sites (tertiary alicyclic amines) is 1. The number of piperidine rings is 1. The van der Waals surface area contributed by atoms with Crippen molar-refractivity contribution in [3.63, 3.8) is 0 Å². The smallest absolute Gasteiger partial charge is 0.267 e. The maximum Gasteiger partial charge on any atom is 0.267 e. The quantitative estimate of drug-likeness (QED) is 0.560. The largest absolute Gasteiger partial charge is 0.350 e. The van der Waals surface area contributed by atoms with Crippen LogP contribution < -0.4 is 10.6 Å². The predicted octanol–water partition coefficient (Wildman–Crippen LogP) is 2.95. The average molecular weight is 432 g/mol. The van der Waals surface area contributed by atoms with Crippen LogP contribution in [-0.2, 0) is 6.54 Å². The fourth-order valence-electron chi connectivity index (χ4n) is 5.05. The zero-order chi connectivity index (χ0) is 22.1. The highest BCUT2D eigenvalue weighted by Gasteiger charge is 2.54. The molecule has 3 heterocycles. The minimum atomic E-state index is -0.0717. The topological polar surface area (TPSA) is 90.1 Å². The molecular weight excluding hydrogens is 402 g/mol. The normalized spacial score (nSPS) is 19.3. The Bertz CT molecular complexity index is 1100. The molecule has 5 rings (SSSR count). The first-order valence-corrected chi connectivity index (χ1v) is 11.3. The first kappa shape index (κ1) is 20.7. The summed E-state index contributed by atoms with van der Waals surface area (Å²) in [6, 6.07) is 11.6. The number of hydrogen-bond acceptors (Lipinski definition) is 4. The van der Waals surface area contributed by atoms with Gasteiger partial charge in [0.1, 0.15) is 5.69 Å². The second kappa shape index (κ2) is 8.39. The number of nitrogens with one attached hydrogen (secondary N) is 3. The molecule has 1 saturated heterocycles. The standard InChI is InChI=1S/C25H29N5O2/c1-26-14-17-2-4-18(5-3-17)24(32)30-10-7-25(8-11-30)13-20(25)16-28-23(31)22-12-19-15-27-9-6-21(19)29-22/h2-6,9,12,15,20,26,29H,7-8,10-11,13-14,16H2,1H3,(H,28,31). The number of rotatable bonds is 6. The van der Waals surface area contributed by atoms with Crippen LogP contribution in [0.2, 0.25) is 0 Å². The van der Waals surface area contributed by atoms with E-state index in [1.807, 2.05) is 48.3 Å². The molecule has 1 aliphatic heterocycles. The molecule has 1 aliphatic carbocycles. The Morgan fingerprint density at radius 1 is 1.19 bits per heavy atom. The van der Waals surface area contributed by atoms with E-state index in [0.717, 1.165) is 55.4 Å². The van der Waals surface area contributed by atoms with E-state index in [9.17, 15) is 9.59 Å². The number of nitrogens with zero attached hydrogens (tertiary/aromatic N) is 2. The number of aromatic nitrogens is 2. The van der Waals surface area contributed by atoms with E-state index in [-0.39, 0.29) is 17.2 Å². The van der Waals surface area contributed by atoms with Crippen LogP contribution in [0.25, 0.3) is 10.9 Å². The molecule has 1 aromatic carbocycles. The lowest BCUT2D eigenvalue weighted by atomic mass is 9.90. The summed E-state index contributed by atoms with van der Waals surface area (Å²) in [6.45, 7) is 3.07. The van der Waals surface area contributed by atoms with Gasteiger partial charge in [-0.1, -0.05) is 12.1 Å². The van der Waals surface area contributed by atoms with Crippen molar-refractivity contribution >= 4 is 22.7 Å². The van der Waals surface area contributed by atoms with Crippen LogP contribution in [0.3, 0.4) is 0 Å². The molecule has 3 aromatic rings. The van der Waals surface area contributed by atoms with Crippen molar-refractivity contribution in [1.82, 2.24) is 25.5 Å². The van der Waals surface area contributed by atoms with Gasteiger partial charge in [0, 0.05) is 55.0 Å². The van der Waals surface area contributed by atoms with Gasteiger partial charge in [-0.15, -0.1) is 0 Å². The molecule has 1 unspecified atom stereocenters. The number of fused-ring (bicyclic) bond motifs is 1. The molecule has 0 radical (unpaired) electrons. The summed E-state index contributed by atoms with van der Waals surface area (Å²) in [7, 11) is 1.92. The summed E-state index contributed by atoms with van der Waals surface area (Å²) in [6.07, 6.45) is 6.61. The average Bonchev–Trinajstić information content (AvgIpc) is 3.29. The van der Waals surface area contributed by atoms with Gasteiger partial charge < -0.3 is 20.5 Å². The van der Waals surface area contributed by atoms with Gasteiger partial charge in [-0.3, -0.25) is 14.6 Å². The van der Waals surface area contributed by atoms with E-state index in [1.54, 1.807) is 12.4 Å². The third kappa shape index (κ3) is 4.00. The van der Waals surface area contributed by atoms with E-state index in [2.05, 4.69) is 20.6 Å². The Morgan fingerprint density at radius 3 is 2.69 bits per heavy atom. The van der Waals surface area contributed by atoms with Gasteiger partial charge in [0.05, 0.1) is 0 Å². The molecule has 3 N–H and O–H groups in total. The summed E-state index contributed by atoms with van der Waals surface area (Å²) in [5, 5.41) is 7.15. The van der Waals surface area contributed by atoms with Crippen LogP contribution in [0.4, 0.5) is 0 Å². The van der Waals surface area contributed by atoms with E-state index in [0.29, 0.717) is 18.2 Å². The van der Waals surface area contributed by atoms with Gasteiger partial charge in [-0.2, -0.15) is 0 Å². The summed E-state index contributed by atoms with van der Waals surface area (Å²) in [5.41, 5.74) is 3.71. The second-order valence-corrected chi connectivity index (χ2v) is 9.14. The number of carbonyl (C=O) groups is 2. The van der Waals surface area contributed by atoms with Crippen molar-refractivity contribution in [1.29, 1.82) is 0 Å². The third-order valence-corrected chi connectivity index (χ3v) is 7.16. The van der Waals surface area contributed by atoms with Crippen molar-refractivity contribution in [2.24, 2.45) is 11.3 Å². The van der Waals surface area contributed by atoms with Crippen LogP contribution in [0.5, 0.6) is 0 Å². The molecule has 32 heavy (non-hydrogen) atoms. The number of carbonyl (C=O) groups excluding carboxylic acids is 2. The Hall–Kier alpha value is -3.19. The van der Waals surface area contributed by atoms with Crippen molar-refractivity contribution in [3.05, 3.63) is 65.6 Å². The van der Waals surface area contributed by atoms with Crippen molar-refractivity contribution in [3.8, 4) is 0 Å². The highest BCUT2D eigenvalue weighted by atomic mass is 16.2. The predicted molar refractivity (Wildman–Crippen MR) is 123 cm³/mol. The van der Waals surface area contributed by atoms with Gasteiger partial charge in [0.25, 0.3) is 11.8 Å². The lowest BCUT2D eigenvalue weighted by molar-refractivity contribution is 0.0669. The first-order valence-electron chi connectivity index (χ1n) is 11.3. The molecule has 1 atom stereocenters. The van der Waals surface area contributed by atoms with Gasteiger partial charge in [0.15, 0.2) is 0 Å². The van der Waals surface area contributed by atoms with Crippen LogP contribution in [-0.4, -0.2) is 53.4 Å². The number of amides is 2. The molecule has 2 aliphatic rings. The Morgan fingerprint density at radius 2 is 1.97 bits per heavy atom. The molecule has 7 heteroatoms. The zero-order valence-corrected chi connectivity index (χ0v) is 18.4. The van der Waals surface area contributed by atoms with Gasteiger partial charge in [-0.05, 0) is 67.5 Å². The lowest BCUT2D eigenvalue weighted by Crippen LogP contribution is -2.40. The number of hydrogen-bond donors (Lipinski definition) is 3. The van der Waals surface area contributed by atoms with Gasteiger partial charge in [-0.25, -0.2) is 0 Å². The molecular formula is C25H29N5O2. The van der Waals surface area contributed by atoms with Crippen molar-refractivity contribution < 1.29 is 9.59 Å². The fourth-order valence-corrected chi connectivity index (χ4v) is 5.05. The van der Waals surface area contributed by atoms with Crippen molar-refractivity contribution in [2.45, 2.75) is 25.8 Å². The molecule has 166 valence electrons. The summed E-state index contributed by atoms with van der Waals surface area (Å²) < 4.78 is 0. The van der Waals surface area contributed by atoms with Crippen LogP contribution in [0.1, 0.15) is 45.7 Å². The Balaban J connectivity index is 1.11. The maximum absolute atomic E-state index is 12.9. The van der Waals surface area contributed by atoms with E-state index in [1.165, 1.54) is 5.56 Å². The van der Waals surface area contributed by atoms with E-state index in [4.69, 9.17) is 0 Å². The third-order valence-electron chi connectivity index (χ3n) is 7.16. The van der Waals surface area contributed by atoms with Crippen LogP contribution in [0, 0.1) is 11.3 Å². The Labute approximate surface area is 187 Å². The molecule has 7 nitrogen and oxygen atoms in total. The number of pyridine rings is 1. The number of benzene rings is 1. The zero-order valence-electron chi connectivity index (χ0n) is 18.4. The molecule has 2 fully saturated rings. The SMILES string of the molecule is CNCc1ccc(C(=O)N2CCC3(CC2)CC3CNC(=O)c2cc3cnccc3[nH]2)cc1. The second-order valence-electron chi connectivity index (χ2n) is 9.14.